The first-order chi connectivity index (χ1) is 14.8. The molecule has 3 aromatic heterocycles. The van der Waals surface area contributed by atoms with Gasteiger partial charge in [0.05, 0.1) is 29.5 Å². The molecule has 0 amide bonds. The van der Waals surface area contributed by atoms with Gasteiger partial charge in [0.2, 0.25) is 11.8 Å². The van der Waals surface area contributed by atoms with Gasteiger partial charge in [-0.25, -0.2) is 4.98 Å². The SMILES string of the molecule is Cc1ccccc1-n1c(SCc2coc(-c3cccs3)n2)nnc1N1CCOCC1. The molecule has 5 rings (SSSR count). The van der Waals surface area contributed by atoms with E-state index in [0.717, 1.165) is 40.5 Å². The van der Waals surface area contributed by atoms with Crippen LogP contribution in [0, 0.1) is 6.92 Å². The number of thiophene rings is 1. The van der Waals surface area contributed by atoms with E-state index in [1.165, 1.54) is 5.56 Å². The van der Waals surface area contributed by atoms with E-state index in [4.69, 9.17) is 9.15 Å². The summed E-state index contributed by atoms with van der Waals surface area (Å²) in [6.07, 6.45) is 1.72. The highest BCUT2D eigenvalue weighted by atomic mass is 32.2. The summed E-state index contributed by atoms with van der Waals surface area (Å²) in [7, 11) is 0. The molecule has 0 atom stereocenters. The molecule has 154 valence electrons. The second kappa shape index (κ2) is 8.63. The van der Waals surface area contributed by atoms with E-state index in [9.17, 15) is 0 Å². The summed E-state index contributed by atoms with van der Waals surface area (Å²) >= 11 is 3.23. The average molecular weight is 440 g/mol. The van der Waals surface area contributed by atoms with Crippen LogP contribution in [0.4, 0.5) is 5.95 Å². The lowest BCUT2D eigenvalue weighted by molar-refractivity contribution is 0.122. The Kier molecular flexibility index (Phi) is 5.56. The number of oxazole rings is 1. The average Bonchev–Trinajstić information content (AvgIpc) is 3.53. The Morgan fingerprint density at radius 2 is 1.97 bits per heavy atom. The minimum absolute atomic E-state index is 0.655. The second-order valence-electron chi connectivity index (χ2n) is 6.91. The molecule has 9 heteroatoms. The van der Waals surface area contributed by atoms with Gasteiger partial charge in [0.15, 0.2) is 5.16 Å². The predicted molar refractivity (Wildman–Crippen MR) is 119 cm³/mol. The third-order valence-corrected chi connectivity index (χ3v) is 6.72. The molecule has 0 spiro atoms. The maximum Gasteiger partial charge on any atom is 0.236 e. The Morgan fingerprint density at radius 3 is 2.77 bits per heavy atom. The van der Waals surface area contributed by atoms with Crippen molar-refractivity contribution in [2.45, 2.75) is 17.8 Å². The number of ether oxygens (including phenoxy) is 1. The summed E-state index contributed by atoms with van der Waals surface area (Å²) in [5, 5.41) is 11.9. The minimum atomic E-state index is 0.655. The fraction of sp³-hybridized carbons (Fsp3) is 0.286. The van der Waals surface area contributed by atoms with E-state index in [0.29, 0.717) is 24.9 Å². The number of para-hydroxylation sites is 1. The monoisotopic (exact) mass is 439 g/mol. The smallest absolute Gasteiger partial charge is 0.236 e. The number of morpholine rings is 1. The van der Waals surface area contributed by atoms with Crippen molar-refractivity contribution in [1.82, 2.24) is 19.7 Å². The summed E-state index contributed by atoms with van der Waals surface area (Å²) in [5.41, 5.74) is 3.15. The van der Waals surface area contributed by atoms with Gasteiger partial charge in [0.25, 0.3) is 0 Å². The van der Waals surface area contributed by atoms with Crippen LogP contribution in [0.25, 0.3) is 16.5 Å². The summed E-state index contributed by atoms with van der Waals surface area (Å²) in [4.78, 5) is 7.89. The molecule has 4 aromatic rings. The summed E-state index contributed by atoms with van der Waals surface area (Å²) in [6, 6.07) is 12.3. The zero-order chi connectivity index (χ0) is 20.3. The molecule has 0 aliphatic carbocycles. The van der Waals surface area contributed by atoms with Gasteiger partial charge in [-0.3, -0.25) is 4.57 Å². The molecular formula is C21H21N5O2S2. The molecule has 4 heterocycles. The van der Waals surface area contributed by atoms with Crippen LogP contribution in [-0.2, 0) is 10.5 Å². The Bertz CT molecular complexity index is 1120. The molecule has 0 unspecified atom stereocenters. The number of hydrogen-bond donors (Lipinski definition) is 0. The molecule has 7 nitrogen and oxygen atoms in total. The van der Waals surface area contributed by atoms with E-state index >= 15 is 0 Å². The van der Waals surface area contributed by atoms with Crippen molar-refractivity contribution < 1.29 is 9.15 Å². The highest BCUT2D eigenvalue weighted by molar-refractivity contribution is 7.98. The quantitative estimate of drug-likeness (QED) is 0.412. The topological polar surface area (TPSA) is 69.2 Å². The normalized spacial score (nSPS) is 14.4. The molecule has 0 radical (unpaired) electrons. The van der Waals surface area contributed by atoms with Gasteiger partial charge in [0.1, 0.15) is 6.26 Å². The molecule has 1 aliphatic heterocycles. The van der Waals surface area contributed by atoms with Crippen LogP contribution in [0.15, 0.2) is 57.6 Å². The molecule has 1 aliphatic rings. The third-order valence-electron chi connectivity index (χ3n) is 4.90. The molecule has 1 saturated heterocycles. The van der Waals surface area contributed by atoms with Gasteiger partial charge in [-0.05, 0) is 30.0 Å². The molecule has 1 aromatic carbocycles. The number of benzene rings is 1. The maximum atomic E-state index is 5.65. The number of aryl methyl sites for hydroxylation is 1. The predicted octanol–water partition coefficient (Wildman–Crippen LogP) is 4.42. The maximum absolute atomic E-state index is 5.65. The van der Waals surface area contributed by atoms with Crippen LogP contribution in [0.1, 0.15) is 11.3 Å². The number of nitrogens with zero attached hydrogens (tertiary/aromatic N) is 5. The van der Waals surface area contributed by atoms with Gasteiger partial charge in [-0.1, -0.05) is 36.0 Å². The highest BCUT2D eigenvalue weighted by Crippen LogP contribution is 2.31. The lowest BCUT2D eigenvalue weighted by atomic mass is 10.2. The van der Waals surface area contributed by atoms with E-state index < -0.39 is 0 Å². The first-order valence-electron chi connectivity index (χ1n) is 9.75. The Labute approximate surface area is 182 Å². The first-order valence-corrected chi connectivity index (χ1v) is 11.6. The molecular weight excluding hydrogens is 418 g/mol. The van der Waals surface area contributed by atoms with Crippen molar-refractivity contribution in [2.24, 2.45) is 0 Å². The second-order valence-corrected chi connectivity index (χ2v) is 8.80. The van der Waals surface area contributed by atoms with Gasteiger partial charge in [-0.2, -0.15) is 0 Å². The van der Waals surface area contributed by atoms with Crippen LogP contribution in [-0.4, -0.2) is 46.1 Å². The lowest BCUT2D eigenvalue weighted by Gasteiger charge is -2.28. The van der Waals surface area contributed by atoms with Crippen LogP contribution < -0.4 is 4.90 Å². The number of aromatic nitrogens is 4. The van der Waals surface area contributed by atoms with Crippen molar-refractivity contribution >= 4 is 29.0 Å². The minimum Gasteiger partial charge on any atom is -0.444 e. The van der Waals surface area contributed by atoms with E-state index in [-0.39, 0.29) is 0 Å². The fourth-order valence-electron chi connectivity index (χ4n) is 3.37. The molecule has 0 N–H and O–H groups in total. The van der Waals surface area contributed by atoms with E-state index in [1.807, 2.05) is 29.6 Å². The number of rotatable bonds is 6. The van der Waals surface area contributed by atoms with Crippen LogP contribution >= 0.6 is 23.1 Å². The molecule has 0 saturated carbocycles. The van der Waals surface area contributed by atoms with Gasteiger partial charge in [0, 0.05) is 18.8 Å². The van der Waals surface area contributed by atoms with Crippen LogP contribution in [0.2, 0.25) is 0 Å². The van der Waals surface area contributed by atoms with Gasteiger partial charge >= 0.3 is 0 Å². The van der Waals surface area contributed by atoms with Crippen molar-refractivity contribution in [3.8, 4) is 16.5 Å². The summed E-state index contributed by atoms with van der Waals surface area (Å²) in [6.45, 7) is 5.13. The highest BCUT2D eigenvalue weighted by Gasteiger charge is 2.23. The summed E-state index contributed by atoms with van der Waals surface area (Å²) < 4.78 is 13.3. The van der Waals surface area contributed by atoms with Gasteiger partial charge in [-0.15, -0.1) is 21.5 Å². The largest absolute Gasteiger partial charge is 0.444 e. The van der Waals surface area contributed by atoms with E-state index in [1.54, 1.807) is 29.4 Å². The number of hydrogen-bond acceptors (Lipinski definition) is 8. The standard InChI is InChI=1S/C21H21N5O2S2/c1-15-5-2-3-6-17(15)26-20(25-8-10-27-11-9-25)23-24-21(26)30-14-16-13-28-19(22-16)18-7-4-12-29-18/h2-7,12-13H,8-11,14H2,1H3. The zero-order valence-electron chi connectivity index (χ0n) is 16.5. The van der Waals surface area contributed by atoms with Crippen LogP contribution in [0.5, 0.6) is 0 Å². The van der Waals surface area contributed by atoms with Crippen molar-refractivity contribution in [3.63, 3.8) is 0 Å². The molecule has 0 bridgehead atoms. The van der Waals surface area contributed by atoms with Crippen molar-refractivity contribution in [1.29, 1.82) is 0 Å². The Hall–Kier alpha value is -2.62. The number of anilines is 1. The third kappa shape index (κ3) is 3.88. The molecule has 30 heavy (non-hydrogen) atoms. The molecule has 1 fully saturated rings. The summed E-state index contributed by atoms with van der Waals surface area (Å²) in [5.74, 6) is 2.17. The Balaban J connectivity index is 1.43. The zero-order valence-corrected chi connectivity index (χ0v) is 18.2. The van der Waals surface area contributed by atoms with Crippen molar-refractivity contribution in [2.75, 3.05) is 31.2 Å². The lowest BCUT2D eigenvalue weighted by Crippen LogP contribution is -2.38. The van der Waals surface area contributed by atoms with E-state index in [2.05, 4.69) is 43.7 Å². The van der Waals surface area contributed by atoms with Crippen molar-refractivity contribution in [3.05, 3.63) is 59.3 Å². The fourth-order valence-corrected chi connectivity index (χ4v) is 4.85. The van der Waals surface area contributed by atoms with Gasteiger partial charge < -0.3 is 14.1 Å². The van der Waals surface area contributed by atoms with Crippen LogP contribution in [0.3, 0.4) is 0 Å². The first kappa shape index (κ1) is 19.3. The number of thioether (sulfide) groups is 1. The Morgan fingerprint density at radius 1 is 1.10 bits per heavy atom.